The van der Waals surface area contributed by atoms with E-state index in [0.29, 0.717) is 23.9 Å². The van der Waals surface area contributed by atoms with Gasteiger partial charge in [0.15, 0.2) is 5.13 Å². The van der Waals surface area contributed by atoms with Crippen molar-refractivity contribution in [2.24, 2.45) is 0 Å². The molecule has 2 aromatic rings. The Balaban J connectivity index is 1.53. The van der Waals surface area contributed by atoms with Crippen molar-refractivity contribution in [2.75, 3.05) is 50.6 Å². The van der Waals surface area contributed by atoms with E-state index in [-0.39, 0.29) is 12.3 Å². The van der Waals surface area contributed by atoms with E-state index in [1.807, 2.05) is 29.2 Å². The number of nitrogens with zero attached hydrogens (tertiary/aromatic N) is 3. The Hall–Kier alpha value is -2.81. The third kappa shape index (κ3) is 4.68. The van der Waals surface area contributed by atoms with Gasteiger partial charge in [-0.05, 0) is 12.1 Å². The molecule has 2 heterocycles. The van der Waals surface area contributed by atoms with Crippen LogP contribution in [0.4, 0.5) is 15.6 Å². The highest BCUT2D eigenvalue weighted by Gasteiger charge is 2.23. The first-order valence-corrected chi connectivity index (χ1v) is 9.43. The smallest absolute Gasteiger partial charge is 0.413 e. The lowest BCUT2D eigenvalue weighted by atomic mass is 10.2. The van der Waals surface area contributed by atoms with Gasteiger partial charge in [-0.15, -0.1) is 11.3 Å². The number of benzene rings is 1. The summed E-state index contributed by atoms with van der Waals surface area (Å²) in [5.41, 5.74) is 1.69. The Morgan fingerprint density at radius 1 is 1.19 bits per heavy atom. The molecule has 3 rings (SSSR count). The highest BCUT2D eigenvalue weighted by atomic mass is 32.1. The summed E-state index contributed by atoms with van der Waals surface area (Å²) < 4.78 is 9.95. The number of amides is 2. The molecule has 1 aromatic heterocycles. The van der Waals surface area contributed by atoms with Gasteiger partial charge in [-0.2, -0.15) is 0 Å². The molecule has 1 aliphatic rings. The lowest BCUT2D eigenvalue weighted by Crippen LogP contribution is -2.49. The van der Waals surface area contributed by atoms with Gasteiger partial charge in [0.2, 0.25) is 5.91 Å². The first-order chi connectivity index (χ1) is 13.1. The van der Waals surface area contributed by atoms with Crippen molar-refractivity contribution < 1.29 is 19.1 Å². The fourth-order valence-corrected chi connectivity index (χ4v) is 3.63. The lowest BCUT2D eigenvalue weighted by molar-refractivity contribution is -0.130. The van der Waals surface area contributed by atoms with E-state index in [1.165, 1.54) is 18.4 Å². The standard InChI is InChI=1S/C18H22N4O4S/c1-25-15-6-4-3-5-14(15)21-7-9-22(10-8-21)16(23)11-13-12-27-17(19-13)20-18(24)26-2/h3-6,12H,7-11H2,1-2H3,(H,19,20,24). The van der Waals surface area contributed by atoms with Crippen LogP contribution < -0.4 is 15.0 Å². The number of thiazole rings is 1. The van der Waals surface area contributed by atoms with Crippen molar-refractivity contribution in [3.8, 4) is 5.75 Å². The normalized spacial score (nSPS) is 14.0. The van der Waals surface area contributed by atoms with Crippen molar-refractivity contribution in [1.29, 1.82) is 0 Å². The first kappa shape index (κ1) is 19.0. The predicted octanol–water partition coefficient (Wildman–Crippen LogP) is 2.22. The molecule has 2 amide bonds. The van der Waals surface area contributed by atoms with E-state index in [2.05, 4.69) is 19.9 Å². The van der Waals surface area contributed by atoms with Crippen molar-refractivity contribution in [1.82, 2.24) is 9.88 Å². The van der Waals surface area contributed by atoms with Crippen LogP contribution in [-0.4, -0.2) is 62.3 Å². The molecule has 27 heavy (non-hydrogen) atoms. The van der Waals surface area contributed by atoms with E-state index in [9.17, 15) is 9.59 Å². The van der Waals surface area contributed by atoms with E-state index < -0.39 is 6.09 Å². The average Bonchev–Trinajstić information content (AvgIpc) is 3.14. The first-order valence-electron chi connectivity index (χ1n) is 8.56. The third-order valence-corrected chi connectivity index (χ3v) is 5.14. The molecule has 1 aromatic carbocycles. The Kier molecular flexibility index (Phi) is 6.12. The number of anilines is 2. The number of aromatic nitrogens is 1. The Labute approximate surface area is 161 Å². The van der Waals surface area contributed by atoms with Crippen molar-refractivity contribution in [3.63, 3.8) is 0 Å². The number of methoxy groups -OCH3 is 2. The molecule has 0 radical (unpaired) electrons. The zero-order chi connectivity index (χ0) is 19.2. The van der Waals surface area contributed by atoms with Gasteiger partial charge >= 0.3 is 6.09 Å². The molecule has 0 unspecified atom stereocenters. The van der Waals surface area contributed by atoms with Gasteiger partial charge in [0, 0.05) is 31.6 Å². The van der Waals surface area contributed by atoms with Gasteiger partial charge in [-0.3, -0.25) is 10.1 Å². The summed E-state index contributed by atoms with van der Waals surface area (Å²) in [5, 5.41) is 4.70. The molecule has 1 saturated heterocycles. The second-order valence-electron chi connectivity index (χ2n) is 5.98. The van der Waals surface area contributed by atoms with Gasteiger partial charge in [0.25, 0.3) is 0 Å². The number of hydrogen-bond donors (Lipinski definition) is 1. The molecular formula is C18H22N4O4S. The lowest BCUT2D eigenvalue weighted by Gasteiger charge is -2.36. The number of ether oxygens (including phenoxy) is 2. The monoisotopic (exact) mass is 390 g/mol. The van der Waals surface area contributed by atoms with Gasteiger partial charge in [0.05, 0.1) is 32.0 Å². The Morgan fingerprint density at radius 3 is 2.63 bits per heavy atom. The second kappa shape index (κ2) is 8.72. The van der Waals surface area contributed by atoms with Crippen LogP contribution in [0.25, 0.3) is 0 Å². The van der Waals surface area contributed by atoms with Crippen LogP contribution in [0.15, 0.2) is 29.6 Å². The SMILES string of the molecule is COC(=O)Nc1nc(CC(=O)N2CCN(c3ccccc3OC)CC2)cs1. The summed E-state index contributed by atoms with van der Waals surface area (Å²) in [6.45, 7) is 2.79. The van der Waals surface area contributed by atoms with Crippen molar-refractivity contribution in [3.05, 3.63) is 35.3 Å². The fourth-order valence-electron chi connectivity index (χ4n) is 2.94. The molecule has 0 atom stereocenters. The van der Waals surface area contributed by atoms with Gasteiger partial charge in [-0.25, -0.2) is 9.78 Å². The molecule has 0 bridgehead atoms. The number of carbonyl (C=O) groups excluding carboxylic acids is 2. The maximum Gasteiger partial charge on any atom is 0.413 e. The van der Waals surface area contributed by atoms with Crippen LogP contribution in [0.3, 0.4) is 0 Å². The summed E-state index contributed by atoms with van der Waals surface area (Å²) in [6.07, 6.45) is -0.358. The summed E-state index contributed by atoms with van der Waals surface area (Å²) in [7, 11) is 2.95. The third-order valence-electron chi connectivity index (χ3n) is 4.34. The summed E-state index contributed by atoms with van der Waals surface area (Å²) in [6, 6.07) is 7.90. The topological polar surface area (TPSA) is 84.0 Å². The van der Waals surface area contributed by atoms with Crippen LogP contribution >= 0.6 is 11.3 Å². The largest absolute Gasteiger partial charge is 0.495 e. The van der Waals surface area contributed by atoms with Gasteiger partial charge in [0.1, 0.15) is 5.75 Å². The van der Waals surface area contributed by atoms with Crippen molar-refractivity contribution >= 4 is 34.2 Å². The second-order valence-corrected chi connectivity index (χ2v) is 6.84. The van der Waals surface area contributed by atoms with E-state index >= 15 is 0 Å². The van der Waals surface area contributed by atoms with Crippen LogP contribution in [0, 0.1) is 0 Å². The number of hydrogen-bond acceptors (Lipinski definition) is 7. The highest BCUT2D eigenvalue weighted by Crippen LogP contribution is 2.28. The number of carbonyl (C=O) groups is 2. The zero-order valence-corrected chi connectivity index (χ0v) is 16.1. The van der Waals surface area contributed by atoms with E-state index in [1.54, 1.807) is 12.5 Å². The zero-order valence-electron chi connectivity index (χ0n) is 15.3. The Bertz CT molecular complexity index is 802. The summed E-state index contributed by atoms with van der Waals surface area (Å²) in [5.74, 6) is 0.870. The molecule has 9 heteroatoms. The highest BCUT2D eigenvalue weighted by molar-refractivity contribution is 7.13. The van der Waals surface area contributed by atoms with Crippen LogP contribution in [-0.2, 0) is 16.0 Å². The van der Waals surface area contributed by atoms with Crippen LogP contribution in [0.2, 0.25) is 0 Å². The molecule has 0 saturated carbocycles. The van der Waals surface area contributed by atoms with E-state index in [0.717, 1.165) is 24.5 Å². The molecule has 0 spiro atoms. The molecule has 1 aliphatic heterocycles. The van der Waals surface area contributed by atoms with Crippen molar-refractivity contribution in [2.45, 2.75) is 6.42 Å². The molecule has 1 N–H and O–H groups in total. The number of para-hydroxylation sites is 2. The quantitative estimate of drug-likeness (QED) is 0.843. The molecule has 0 aliphatic carbocycles. The molecule has 1 fully saturated rings. The van der Waals surface area contributed by atoms with E-state index in [4.69, 9.17) is 4.74 Å². The number of piperazine rings is 1. The average molecular weight is 390 g/mol. The fraction of sp³-hybridized carbons (Fsp3) is 0.389. The minimum atomic E-state index is -0.574. The maximum absolute atomic E-state index is 12.6. The molecular weight excluding hydrogens is 368 g/mol. The molecule has 144 valence electrons. The van der Waals surface area contributed by atoms with Crippen LogP contribution in [0.1, 0.15) is 5.69 Å². The predicted molar refractivity (Wildman–Crippen MR) is 104 cm³/mol. The summed E-state index contributed by atoms with van der Waals surface area (Å²) >= 11 is 1.27. The summed E-state index contributed by atoms with van der Waals surface area (Å²) in [4.78, 5) is 32.1. The minimum absolute atomic E-state index is 0.0320. The number of rotatable bonds is 5. The Morgan fingerprint density at radius 2 is 1.93 bits per heavy atom. The minimum Gasteiger partial charge on any atom is -0.495 e. The number of nitrogens with one attached hydrogen (secondary N) is 1. The van der Waals surface area contributed by atoms with Gasteiger partial charge in [-0.1, -0.05) is 12.1 Å². The molecule has 8 nitrogen and oxygen atoms in total. The van der Waals surface area contributed by atoms with Gasteiger partial charge < -0.3 is 19.3 Å². The van der Waals surface area contributed by atoms with Crippen LogP contribution in [0.5, 0.6) is 5.75 Å². The maximum atomic E-state index is 12.6.